The van der Waals surface area contributed by atoms with Gasteiger partial charge in [0, 0.05) is 30.3 Å². The van der Waals surface area contributed by atoms with Crippen LogP contribution in [0.15, 0.2) is 67.0 Å². The fourth-order valence-electron chi connectivity index (χ4n) is 2.17. The van der Waals surface area contributed by atoms with Crippen molar-refractivity contribution in [1.29, 1.82) is 0 Å². The Labute approximate surface area is 133 Å². The highest BCUT2D eigenvalue weighted by molar-refractivity contribution is 6.42. The summed E-state index contributed by atoms with van der Waals surface area (Å²) in [6.07, 6.45) is 4.04. The Hall–Kier alpha value is -1.90. The Morgan fingerprint density at radius 1 is 0.905 bits per heavy atom. The van der Waals surface area contributed by atoms with E-state index in [1.54, 1.807) is 6.07 Å². The summed E-state index contributed by atoms with van der Waals surface area (Å²) in [5.41, 5.74) is 3.13. The van der Waals surface area contributed by atoms with E-state index in [4.69, 9.17) is 23.2 Å². The SMILES string of the molecule is Clc1cccc(CNc2cccc(-n3cccc3)c2)c1Cl. The van der Waals surface area contributed by atoms with E-state index in [1.165, 1.54) is 0 Å². The van der Waals surface area contributed by atoms with Gasteiger partial charge in [0.1, 0.15) is 0 Å². The largest absolute Gasteiger partial charge is 0.381 e. The average Bonchev–Trinajstić information content (AvgIpc) is 3.03. The van der Waals surface area contributed by atoms with Crippen molar-refractivity contribution < 1.29 is 0 Å². The second-order valence-electron chi connectivity index (χ2n) is 4.71. The van der Waals surface area contributed by atoms with Crippen LogP contribution in [0.25, 0.3) is 5.69 Å². The van der Waals surface area contributed by atoms with Gasteiger partial charge in [-0.05, 0) is 42.0 Å². The van der Waals surface area contributed by atoms with Gasteiger partial charge in [0.05, 0.1) is 10.0 Å². The molecule has 3 rings (SSSR count). The van der Waals surface area contributed by atoms with E-state index in [1.807, 2.05) is 48.8 Å². The van der Waals surface area contributed by atoms with Crippen LogP contribution in [0.1, 0.15) is 5.56 Å². The van der Waals surface area contributed by atoms with E-state index < -0.39 is 0 Å². The van der Waals surface area contributed by atoms with Crippen LogP contribution in [0.2, 0.25) is 10.0 Å². The van der Waals surface area contributed by atoms with Gasteiger partial charge in [0.15, 0.2) is 0 Å². The van der Waals surface area contributed by atoms with Crippen LogP contribution in [0.5, 0.6) is 0 Å². The molecule has 106 valence electrons. The predicted molar refractivity (Wildman–Crippen MR) is 89.6 cm³/mol. The Morgan fingerprint density at radius 3 is 2.48 bits per heavy atom. The summed E-state index contributed by atoms with van der Waals surface area (Å²) in [4.78, 5) is 0. The maximum atomic E-state index is 6.20. The van der Waals surface area contributed by atoms with Gasteiger partial charge in [0.2, 0.25) is 0 Å². The van der Waals surface area contributed by atoms with Crippen molar-refractivity contribution in [3.63, 3.8) is 0 Å². The topological polar surface area (TPSA) is 17.0 Å². The van der Waals surface area contributed by atoms with Crippen LogP contribution in [0, 0.1) is 0 Å². The molecule has 0 aliphatic carbocycles. The lowest BCUT2D eigenvalue weighted by Crippen LogP contribution is -2.01. The van der Waals surface area contributed by atoms with E-state index >= 15 is 0 Å². The monoisotopic (exact) mass is 316 g/mol. The number of anilines is 1. The first-order valence-corrected chi connectivity index (χ1v) is 7.40. The van der Waals surface area contributed by atoms with E-state index in [0.29, 0.717) is 16.6 Å². The van der Waals surface area contributed by atoms with Crippen molar-refractivity contribution in [3.8, 4) is 5.69 Å². The summed E-state index contributed by atoms with van der Waals surface area (Å²) in [6, 6.07) is 17.9. The molecule has 1 aromatic heterocycles. The third kappa shape index (κ3) is 3.23. The average molecular weight is 317 g/mol. The second kappa shape index (κ2) is 6.25. The minimum absolute atomic E-state index is 0.581. The first-order chi connectivity index (χ1) is 10.2. The molecule has 0 saturated carbocycles. The van der Waals surface area contributed by atoms with Gasteiger partial charge < -0.3 is 9.88 Å². The maximum absolute atomic E-state index is 6.20. The highest BCUT2D eigenvalue weighted by atomic mass is 35.5. The molecule has 0 saturated heterocycles. The normalized spacial score (nSPS) is 10.6. The van der Waals surface area contributed by atoms with Crippen LogP contribution in [0.4, 0.5) is 5.69 Å². The Bertz CT molecular complexity index is 736. The molecule has 0 spiro atoms. The van der Waals surface area contributed by atoms with Crippen molar-refractivity contribution in [2.75, 3.05) is 5.32 Å². The van der Waals surface area contributed by atoms with E-state index in [2.05, 4.69) is 22.0 Å². The standard InChI is InChI=1S/C17H14Cl2N2/c18-16-8-3-5-13(17(16)19)12-20-14-6-4-7-15(11-14)21-9-1-2-10-21/h1-11,20H,12H2. The molecular weight excluding hydrogens is 303 g/mol. The lowest BCUT2D eigenvalue weighted by atomic mass is 10.2. The number of nitrogens with one attached hydrogen (secondary N) is 1. The van der Waals surface area contributed by atoms with Crippen LogP contribution in [-0.2, 0) is 6.54 Å². The van der Waals surface area contributed by atoms with Crippen LogP contribution >= 0.6 is 23.2 Å². The highest BCUT2D eigenvalue weighted by Crippen LogP contribution is 2.26. The molecule has 3 aromatic rings. The van der Waals surface area contributed by atoms with Crippen molar-refractivity contribution in [2.24, 2.45) is 0 Å². The number of benzene rings is 2. The van der Waals surface area contributed by atoms with E-state index in [9.17, 15) is 0 Å². The van der Waals surface area contributed by atoms with Gasteiger partial charge in [-0.1, -0.05) is 41.4 Å². The molecule has 21 heavy (non-hydrogen) atoms. The molecule has 0 atom stereocenters. The minimum atomic E-state index is 0.581. The zero-order valence-electron chi connectivity index (χ0n) is 11.3. The first kappa shape index (κ1) is 14.1. The molecule has 0 unspecified atom stereocenters. The van der Waals surface area contributed by atoms with Crippen LogP contribution in [0.3, 0.4) is 0 Å². The minimum Gasteiger partial charge on any atom is -0.381 e. The number of rotatable bonds is 4. The Balaban J connectivity index is 1.77. The zero-order chi connectivity index (χ0) is 14.7. The maximum Gasteiger partial charge on any atom is 0.0642 e. The number of halogens is 2. The summed E-state index contributed by atoms with van der Waals surface area (Å²) in [7, 11) is 0. The summed E-state index contributed by atoms with van der Waals surface area (Å²) in [5, 5.41) is 4.56. The van der Waals surface area contributed by atoms with Crippen LogP contribution < -0.4 is 5.32 Å². The lowest BCUT2D eigenvalue weighted by molar-refractivity contribution is 1.07. The fraction of sp³-hybridized carbons (Fsp3) is 0.0588. The Morgan fingerprint density at radius 2 is 1.67 bits per heavy atom. The Kier molecular flexibility index (Phi) is 4.18. The fourth-order valence-corrected chi connectivity index (χ4v) is 2.55. The summed E-state index contributed by atoms with van der Waals surface area (Å²) < 4.78 is 2.07. The molecule has 0 bridgehead atoms. The molecular formula is C17H14Cl2N2. The van der Waals surface area contributed by atoms with E-state index in [0.717, 1.165) is 16.9 Å². The second-order valence-corrected chi connectivity index (χ2v) is 5.49. The highest BCUT2D eigenvalue weighted by Gasteiger charge is 2.04. The van der Waals surface area contributed by atoms with Crippen molar-refractivity contribution in [1.82, 2.24) is 4.57 Å². The number of nitrogens with zero attached hydrogens (tertiary/aromatic N) is 1. The molecule has 1 N–H and O–H groups in total. The summed E-state index contributed by atoms with van der Waals surface area (Å²) >= 11 is 12.2. The quantitative estimate of drug-likeness (QED) is 0.682. The van der Waals surface area contributed by atoms with Gasteiger partial charge in [-0.2, -0.15) is 0 Å². The van der Waals surface area contributed by atoms with Gasteiger partial charge in [0.25, 0.3) is 0 Å². The van der Waals surface area contributed by atoms with Gasteiger partial charge >= 0.3 is 0 Å². The molecule has 0 aliphatic rings. The zero-order valence-corrected chi connectivity index (χ0v) is 12.8. The molecule has 4 heteroatoms. The molecule has 0 fully saturated rings. The van der Waals surface area contributed by atoms with Crippen molar-refractivity contribution in [2.45, 2.75) is 6.54 Å². The van der Waals surface area contributed by atoms with Crippen LogP contribution in [-0.4, -0.2) is 4.57 Å². The molecule has 0 radical (unpaired) electrons. The molecule has 1 heterocycles. The molecule has 0 amide bonds. The van der Waals surface area contributed by atoms with Crippen molar-refractivity contribution in [3.05, 3.63) is 82.6 Å². The lowest BCUT2D eigenvalue weighted by Gasteiger charge is -2.11. The number of hydrogen-bond acceptors (Lipinski definition) is 1. The molecule has 0 aliphatic heterocycles. The third-order valence-corrected chi connectivity index (χ3v) is 4.12. The smallest absolute Gasteiger partial charge is 0.0642 e. The first-order valence-electron chi connectivity index (χ1n) is 6.64. The van der Waals surface area contributed by atoms with Gasteiger partial charge in [-0.25, -0.2) is 0 Å². The van der Waals surface area contributed by atoms with Crippen molar-refractivity contribution >= 4 is 28.9 Å². The predicted octanol–water partition coefficient (Wildman–Crippen LogP) is 5.40. The van der Waals surface area contributed by atoms with Gasteiger partial charge in [-0.3, -0.25) is 0 Å². The molecule has 2 aromatic carbocycles. The third-order valence-electron chi connectivity index (χ3n) is 3.26. The number of hydrogen-bond donors (Lipinski definition) is 1. The van der Waals surface area contributed by atoms with Gasteiger partial charge in [-0.15, -0.1) is 0 Å². The summed E-state index contributed by atoms with van der Waals surface area (Å²) in [6.45, 7) is 0.633. The van der Waals surface area contributed by atoms with E-state index in [-0.39, 0.29) is 0 Å². The summed E-state index contributed by atoms with van der Waals surface area (Å²) in [5.74, 6) is 0. The molecule has 2 nitrogen and oxygen atoms in total. The number of aromatic nitrogens is 1.